The zero-order valence-corrected chi connectivity index (χ0v) is 12.9. The minimum atomic E-state index is 0.620. The van der Waals surface area contributed by atoms with Gasteiger partial charge in [0, 0.05) is 32.2 Å². The maximum atomic E-state index is 3.69. The van der Waals surface area contributed by atoms with E-state index in [0.29, 0.717) is 11.5 Å². The first-order chi connectivity index (χ1) is 9.68. The molecule has 1 atom stereocenters. The van der Waals surface area contributed by atoms with E-state index in [-0.39, 0.29) is 0 Å². The highest BCUT2D eigenvalue weighted by molar-refractivity contribution is 5.16. The Labute approximate surface area is 123 Å². The van der Waals surface area contributed by atoms with Gasteiger partial charge in [-0.3, -0.25) is 4.90 Å². The van der Waals surface area contributed by atoms with Crippen molar-refractivity contribution in [2.75, 3.05) is 26.2 Å². The molecule has 1 aliphatic carbocycles. The molecule has 0 amide bonds. The van der Waals surface area contributed by atoms with Gasteiger partial charge in [-0.2, -0.15) is 0 Å². The second kappa shape index (κ2) is 5.87. The summed E-state index contributed by atoms with van der Waals surface area (Å²) in [6, 6.07) is 11.5. The van der Waals surface area contributed by atoms with Crippen molar-refractivity contribution >= 4 is 0 Å². The average Bonchev–Trinajstić information content (AvgIpc) is 3.21. The lowest BCUT2D eigenvalue weighted by Gasteiger charge is -2.37. The van der Waals surface area contributed by atoms with Crippen LogP contribution in [0.15, 0.2) is 30.3 Å². The van der Waals surface area contributed by atoms with Crippen LogP contribution in [0.5, 0.6) is 0 Å². The topological polar surface area (TPSA) is 15.3 Å². The van der Waals surface area contributed by atoms with Crippen molar-refractivity contribution in [1.29, 1.82) is 0 Å². The molecule has 2 fully saturated rings. The Morgan fingerprint density at radius 2 is 2.00 bits per heavy atom. The molecule has 2 heteroatoms. The highest BCUT2D eigenvalue weighted by atomic mass is 15.2. The van der Waals surface area contributed by atoms with Crippen molar-refractivity contribution in [2.45, 2.75) is 39.2 Å². The van der Waals surface area contributed by atoms with E-state index < -0.39 is 0 Å². The predicted molar refractivity (Wildman–Crippen MR) is 84.9 cm³/mol. The standard InChI is InChI=1S/C18H28N2/c1-15(2)18(8-9-18)14-20-11-10-19-17(13-20)12-16-6-4-3-5-7-16/h3-7,15,17,19H,8-14H2,1-2H3. The molecule has 1 N–H and O–H groups in total. The second-order valence-electron chi connectivity index (χ2n) is 7.09. The third kappa shape index (κ3) is 3.24. The van der Waals surface area contributed by atoms with Crippen molar-refractivity contribution < 1.29 is 0 Å². The fourth-order valence-electron chi connectivity index (χ4n) is 3.60. The van der Waals surface area contributed by atoms with Gasteiger partial charge in [-0.15, -0.1) is 0 Å². The molecule has 3 rings (SSSR count). The summed E-state index contributed by atoms with van der Waals surface area (Å²) in [5.74, 6) is 0.838. The van der Waals surface area contributed by atoms with Gasteiger partial charge in [0.1, 0.15) is 0 Å². The molecule has 1 unspecified atom stereocenters. The van der Waals surface area contributed by atoms with Gasteiger partial charge in [-0.05, 0) is 36.2 Å². The molecule has 1 heterocycles. The van der Waals surface area contributed by atoms with E-state index in [0.717, 1.165) is 18.9 Å². The van der Waals surface area contributed by atoms with Gasteiger partial charge in [0.25, 0.3) is 0 Å². The first-order valence-electron chi connectivity index (χ1n) is 8.18. The molecule has 1 aromatic rings. The molecule has 2 nitrogen and oxygen atoms in total. The van der Waals surface area contributed by atoms with Gasteiger partial charge in [0.15, 0.2) is 0 Å². The Morgan fingerprint density at radius 1 is 1.25 bits per heavy atom. The van der Waals surface area contributed by atoms with E-state index in [4.69, 9.17) is 0 Å². The molecule has 1 aromatic carbocycles. The summed E-state index contributed by atoms with van der Waals surface area (Å²) in [7, 11) is 0. The Morgan fingerprint density at radius 3 is 2.65 bits per heavy atom. The van der Waals surface area contributed by atoms with E-state index in [1.807, 2.05) is 0 Å². The van der Waals surface area contributed by atoms with Crippen LogP contribution in [-0.2, 0) is 6.42 Å². The summed E-state index contributed by atoms with van der Waals surface area (Å²) >= 11 is 0. The van der Waals surface area contributed by atoms with Crippen LogP contribution in [0.25, 0.3) is 0 Å². The summed E-state index contributed by atoms with van der Waals surface area (Å²) in [5, 5.41) is 3.69. The van der Waals surface area contributed by atoms with Crippen LogP contribution >= 0.6 is 0 Å². The van der Waals surface area contributed by atoms with Gasteiger partial charge in [0.2, 0.25) is 0 Å². The lowest BCUT2D eigenvalue weighted by atomic mass is 9.91. The van der Waals surface area contributed by atoms with Crippen molar-refractivity contribution in [2.24, 2.45) is 11.3 Å². The average molecular weight is 272 g/mol. The quantitative estimate of drug-likeness (QED) is 0.886. The largest absolute Gasteiger partial charge is 0.311 e. The Bertz CT molecular complexity index is 422. The number of nitrogens with one attached hydrogen (secondary N) is 1. The van der Waals surface area contributed by atoms with Crippen LogP contribution in [0.3, 0.4) is 0 Å². The number of rotatable bonds is 5. The predicted octanol–water partition coefficient (Wildman–Crippen LogP) is 2.94. The monoisotopic (exact) mass is 272 g/mol. The van der Waals surface area contributed by atoms with Crippen LogP contribution in [0.4, 0.5) is 0 Å². The molecule has 1 saturated heterocycles. The summed E-state index contributed by atoms with van der Waals surface area (Å²) in [6.07, 6.45) is 4.04. The minimum Gasteiger partial charge on any atom is -0.311 e. The number of hydrogen-bond acceptors (Lipinski definition) is 2. The normalized spacial score (nSPS) is 25.9. The van der Waals surface area contributed by atoms with Crippen LogP contribution < -0.4 is 5.32 Å². The summed E-state index contributed by atoms with van der Waals surface area (Å²) in [5.41, 5.74) is 2.10. The van der Waals surface area contributed by atoms with Crippen LogP contribution in [-0.4, -0.2) is 37.1 Å². The van der Waals surface area contributed by atoms with Gasteiger partial charge in [-0.25, -0.2) is 0 Å². The maximum Gasteiger partial charge on any atom is 0.0235 e. The summed E-state index contributed by atoms with van der Waals surface area (Å²) in [6.45, 7) is 9.69. The molecule has 20 heavy (non-hydrogen) atoms. The second-order valence-corrected chi connectivity index (χ2v) is 7.09. The number of benzene rings is 1. The minimum absolute atomic E-state index is 0.620. The third-order valence-electron chi connectivity index (χ3n) is 5.32. The summed E-state index contributed by atoms with van der Waals surface area (Å²) < 4.78 is 0. The molecule has 0 aromatic heterocycles. The summed E-state index contributed by atoms with van der Waals surface area (Å²) in [4.78, 5) is 2.71. The Hall–Kier alpha value is -0.860. The van der Waals surface area contributed by atoms with E-state index in [1.165, 1.54) is 38.0 Å². The van der Waals surface area contributed by atoms with Gasteiger partial charge < -0.3 is 5.32 Å². The SMILES string of the molecule is CC(C)C1(CN2CCNC(Cc3ccccc3)C2)CC1. The first-order valence-corrected chi connectivity index (χ1v) is 8.18. The van der Waals surface area contributed by atoms with Crippen LogP contribution in [0.1, 0.15) is 32.3 Å². The smallest absolute Gasteiger partial charge is 0.0235 e. The molecular weight excluding hydrogens is 244 g/mol. The van der Waals surface area contributed by atoms with Gasteiger partial charge in [-0.1, -0.05) is 44.2 Å². The number of hydrogen-bond donors (Lipinski definition) is 1. The van der Waals surface area contributed by atoms with E-state index in [1.54, 1.807) is 0 Å². The zero-order chi connectivity index (χ0) is 14.0. The molecule has 0 radical (unpaired) electrons. The molecule has 2 aliphatic rings. The maximum absolute atomic E-state index is 3.69. The number of piperazine rings is 1. The molecule has 1 saturated carbocycles. The fourth-order valence-corrected chi connectivity index (χ4v) is 3.60. The molecule has 0 spiro atoms. The van der Waals surface area contributed by atoms with E-state index in [9.17, 15) is 0 Å². The van der Waals surface area contributed by atoms with E-state index in [2.05, 4.69) is 54.4 Å². The molecule has 110 valence electrons. The van der Waals surface area contributed by atoms with Crippen molar-refractivity contribution in [1.82, 2.24) is 10.2 Å². The lowest BCUT2D eigenvalue weighted by molar-refractivity contribution is 0.144. The molecular formula is C18H28N2. The Balaban J connectivity index is 1.54. The van der Waals surface area contributed by atoms with Crippen LogP contribution in [0, 0.1) is 11.3 Å². The Kier molecular flexibility index (Phi) is 4.13. The highest BCUT2D eigenvalue weighted by Gasteiger charge is 2.46. The third-order valence-corrected chi connectivity index (χ3v) is 5.32. The first kappa shape index (κ1) is 14.1. The van der Waals surface area contributed by atoms with Crippen LogP contribution in [0.2, 0.25) is 0 Å². The van der Waals surface area contributed by atoms with Crippen molar-refractivity contribution in [3.8, 4) is 0 Å². The van der Waals surface area contributed by atoms with E-state index >= 15 is 0 Å². The fraction of sp³-hybridized carbons (Fsp3) is 0.667. The number of nitrogens with zero attached hydrogens (tertiary/aromatic N) is 1. The zero-order valence-electron chi connectivity index (χ0n) is 12.9. The highest BCUT2D eigenvalue weighted by Crippen LogP contribution is 2.52. The van der Waals surface area contributed by atoms with Crippen molar-refractivity contribution in [3.63, 3.8) is 0 Å². The lowest BCUT2D eigenvalue weighted by Crippen LogP contribution is -2.53. The molecule has 0 bridgehead atoms. The van der Waals surface area contributed by atoms with Gasteiger partial charge >= 0.3 is 0 Å². The molecule has 1 aliphatic heterocycles. The van der Waals surface area contributed by atoms with Gasteiger partial charge in [0.05, 0.1) is 0 Å². The van der Waals surface area contributed by atoms with Crippen molar-refractivity contribution in [3.05, 3.63) is 35.9 Å².